The molecule has 0 aromatic carbocycles. The van der Waals surface area contributed by atoms with Crippen LogP contribution in [0.2, 0.25) is 0 Å². The predicted octanol–water partition coefficient (Wildman–Crippen LogP) is 1.19. The van der Waals surface area contributed by atoms with E-state index in [0.29, 0.717) is 12.2 Å². The summed E-state index contributed by atoms with van der Waals surface area (Å²) in [7, 11) is 2.15. The third-order valence-corrected chi connectivity index (χ3v) is 4.26. The highest BCUT2D eigenvalue weighted by Gasteiger charge is 2.17. The van der Waals surface area contributed by atoms with Gasteiger partial charge in [0.2, 0.25) is 0 Å². The maximum absolute atomic E-state index is 12.2. The Labute approximate surface area is 142 Å². The number of aromatic amines is 1. The minimum Gasteiger partial charge on any atom is -0.355 e. The Morgan fingerprint density at radius 2 is 2.21 bits per heavy atom. The van der Waals surface area contributed by atoms with E-state index in [9.17, 15) is 4.79 Å². The van der Waals surface area contributed by atoms with Gasteiger partial charge in [0.1, 0.15) is 11.5 Å². The Bertz CT molecular complexity index is 698. The topological polar surface area (TPSA) is 77.2 Å². The van der Waals surface area contributed by atoms with Crippen LogP contribution in [0.3, 0.4) is 0 Å². The number of aryl methyl sites for hydroxylation is 1. The van der Waals surface area contributed by atoms with Crippen molar-refractivity contribution in [3.63, 3.8) is 0 Å². The van der Waals surface area contributed by atoms with Gasteiger partial charge in [-0.25, -0.2) is 4.98 Å². The molecule has 2 N–H and O–H groups in total. The van der Waals surface area contributed by atoms with E-state index in [0.717, 1.165) is 49.7 Å². The van der Waals surface area contributed by atoms with Crippen molar-refractivity contribution in [2.75, 3.05) is 38.1 Å². The van der Waals surface area contributed by atoms with Crippen molar-refractivity contribution in [3.05, 3.63) is 41.3 Å². The molecule has 1 saturated heterocycles. The first-order chi connectivity index (χ1) is 11.6. The van der Waals surface area contributed by atoms with Crippen LogP contribution in [0.25, 0.3) is 0 Å². The highest BCUT2D eigenvalue weighted by Crippen LogP contribution is 2.19. The highest BCUT2D eigenvalue weighted by molar-refractivity contribution is 5.92. The molecule has 1 fully saturated rings. The van der Waals surface area contributed by atoms with E-state index in [2.05, 4.69) is 37.3 Å². The lowest BCUT2D eigenvalue weighted by Crippen LogP contribution is -2.31. The SMILES string of the molecule is Cc1cc(C(=O)NCc2cccnc2N2CCCN(C)CC2)n[nH]1. The molecule has 0 atom stereocenters. The first-order valence-electron chi connectivity index (χ1n) is 8.31. The van der Waals surface area contributed by atoms with Gasteiger partial charge in [-0.05, 0) is 39.1 Å². The highest BCUT2D eigenvalue weighted by atomic mass is 16.1. The van der Waals surface area contributed by atoms with E-state index in [1.54, 1.807) is 6.07 Å². The number of aromatic nitrogens is 3. The van der Waals surface area contributed by atoms with E-state index < -0.39 is 0 Å². The van der Waals surface area contributed by atoms with Crippen molar-refractivity contribution < 1.29 is 4.79 Å². The summed E-state index contributed by atoms with van der Waals surface area (Å²) in [4.78, 5) is 21.4. The molecule has 0 bridgehead atoms. The van der Waals surface area contributed by atoms with Gasteiger partial charge in [-0.3, -0.25) is 9.89 Å². The quantitative estimate of drug-likeness (QED) is 0.881. The average molecular weight is 328 g/mol. The first kappa shape index (κ1) is 16.4. The second-order valence-electron chi connectivity index (χ2n) is 6.25. The third-order valence-electron chi connectivity index (χ3n) is 4.26. The van der Waals surface area contributed by atoms with E-state index in [1.165, 1.54) is 0 Å². The Kier molecular flexibility index (Phi) is 5.10. The average Bonchev–Trinajstić information content (AvgIpc) is 2.91. The van der Waals surface area contributed by atoms with Crippen LogP contribution >= 0.6 is 0 Å². The molecule has 0 radical (unpaired) electrons. The molecule has 128 valence electrons. The summed E-state index contributed by atoms with van der Waals surface area (Å²) in [5.41, 5.74) is 2.31. The number of rotatable bonds is 4. The molecule has 0 saturated carbocycles. The maximum atomic E-state index is 12.2. The van der Waals surface area contributed by atoms with Crippen molar-refractivity contribution in [3.8, 4) is 0 Å². The van der Waals surface area contributed by atoms with E-state index >= 15 is 0 Å². The number of likely N-dealkylation sites (N-methyl/N-ethyl adjacent to an activating group) is 1. The van der Waals surface area contributed by atoms with Crippen LogP contribution in [0, 0.1) is 6.92 Å². The van der Waals surface area contributed by atoms with Crippen molar-refractivity contribution in [2.24, 2.45) is 0 Å². The van der Waals surface area contributed by atoms with Crippen LogP contribution in [0.4, 0.5) is 5.82 Å². The Morgan fingerprint density at radius 3 is 3.00 bits per heavy atom. The molecule has 1 aliphatic rings. The molecule has 2 aromatic rings. The molecule has 1 aliphatic heterocycles. The lowest BCUT2D eigenvalue weighted by atomic mass is 10.2. The first-order valence-corrected chi connectivity index (χ1v) is 8.31. The van der Waals surface area contributed by atoms with Gasteiger partial charge in [0.05, 0.1) is 0 Å². The summed E-state index contributed by atoms with van der Waals surface area (Å²) >= 11 is 0. The molecular formula is C17H24N6O. The van der Waals surface area contributed by atoms with E-state index in [1.807, 2.05) is 25.3 Å². The second-order valence-corrected chi connectivity index (χ2v) is 6.25. The van der Waals surface area contributed by atoms with Crippen molar-refractivity contribution in [1.29, 1.82) is 0 Å². The fraction of sp³-hybridized carbons (Fsp3) is 0.471. The molecule has 0 spiro atoms. The van der Waals surface area contributed by atoms with Gasteiger partial charge in [0.25, 0.3) is 5.91 Å². The molecule has 24 heavy (non-hydrogen) atoms. The molecular weight excluding hydrogens is 304 g/mol. The monoisotopic (exact) mass is 328 g/mol. The lowest BCUT2D eigenvalue weighted by Gasteiger charge is -2.24. The zero-order valence-electron chi connectivity index (χ0n) is 14.2. The Balaban J connectivity index is 1.68. The standard InChI is InChI=1S/C17H24N6O/c1-13-11-15(21-20-13)17(24)19-12-14-5-3-6-18-16(14)23-8-4-7-22(2)9-10-23/h3,5-6,11H,4,7-10,12H2,1-2H3,(H,19,24)(H,20,21). The van der Waals surface area contributed by atoms with Gasteiger partial charge in [-0.15, -0.1) is 0 Å². The van der Waals surface area contributed by atoms with Gasteiger partial charge in [0, 0.05) is 43.6 Å². The van der Waals surface area contributed by atoms with Crippen LogP contribution < -0.4 is 10.2 Å². The minimum atomic E-state index is -0.176. The molecule has 2 aromatic heterocycles. The van der Waals surface area contributed by atoms with Crippen LogP contribution in [0.5, 0.6) is 0 Å². The van der Waals surface area contributed by atoms with E-state index in [4.69, 9.17) is 0 Å². The van der Waals surface area contributed by atoms with Crippen molar-refractivity contribution >= 4 is 11.7 Å². The zero-order chi connectivity index (χ0) is 16.9. The molecule has 7 heteroatoms. The number of nitrogens with one attached hydrogen (secondary N) is 2. The zero-order valence-corrected chi connectivity index (χ0v) is 14.2. The summed E-state index contributed by atoms with van der Waals surface area (Å²) < 4.78 is 0. The van der Waals surface area contributed by atoms with Crippen LogP contribution in [0.15, 0.2) is 24.4 Å². The number of anilines is 1. The number of amides is 1. The normalized spacial score (nSPS) is 16.0. The van der Waals surface area contributed by atoms with Crippen molar-refractivity contribution in [1.82, 2.24) is 25.4 Å². The number of carbonyl (C=O) groups excluding carboxylic acids is 1. The number of nitrogens with zero attached hydrogens (tertiary/aromatic N) is 4. The van der Waals surface area contributed by atoms with Crippen LogP contribution in [-0.4, -0.2) is 59.2 Å². The van der Waals surface area contributed by atoms with Gasteiger partial charge in [0.15, 0.2) is 0 Å². The minimum absolute atomic E-state index is 0.176. The Morgan fingerprint density at radius 1 is 1.33 bits per heavy atom. The summed E-state index contributed by atoms with van der Waals surface area (Å²) in [6.07, 6.45) is 2.93. The number of pyridine rings is 1. The van der Waals surface area contributed by atoms with Gasteiger partial charge < -0.3 is 15.1 Å². The van der Waals surface area contributed by atoms with Gasteiger partial charge in [-0.2, -0.15) is 5.10 Å². The Hall–Kier alpha value is -2.41. The number of hydrogen-bond acceptors (Lipinski definition) is 5. The molecule has 1 amide bonds. The number of carbonyl (C=O) groups is 1. The fourth-order valence-electron chi connectivity index (χ4n) is 2.91. The summed E-state index contributed by atoms with van der Waals surface area (Å²) in [6.45, 7) is 6.39. The van der Waals surface area contributed by atoms with E-state index in [-0.39, 0.29) is 5.91 Å². The fourth-order valence-corrected chi connectivity index (χ4v) is 2.91. The largest absolute Gasteiger partial charge is 0.355 e. The van der Waals surface area contributed by atoms with Gasteiger partial charge in [-0.1, -0.05) is 6.07 Å². The number of hydrogen-bond donors (Lipinski definition) is 2. The third kappa shape index (κ3) is 3.91. The summed E-state index contributed by atoms with van der Waals surface area (Å²) in [5, 5.41) is 9.71. The van der Waals surface area contributed by atoms with Gasteiger partial charge >= 0.3 is 0 Å². The lowest BCUT2D eigenvalue weighted by molar-refractivity contribution is 0.0946. The number of H-pyrrole nitrogens is 1. The van der Waals surface area contributed by atoms with Crippen LogP contribution in [0.1, 0.15) is 28.2 Å². The maximum Gasteiger partial charge on any atom is 0.272 e. The van der Waals surface area contributed by atoms with Crippen LogP contribution in [-0.2, 0) is 6.54 Å². The second kappa shape index (κ2) is 7.44. The molecule has 0 unspecified atom stereocenters. The molecule has 0 aliphatic carbocycles. The smallest absolute Gasteiger partial charge is 0.272 e. The molecule has 3 rings (SSSR count). The molecule has 3 heterocycles. The summed E-state index contributed by atoms with van der Waals surface area (Å²) in [6, 6.07) is 5.67. The molecule has 7 nitrogen and oxygen atoms in total. The van der Waals surface area contributed by atoms with Crippen molar-refractivity contribution in [2.45, 2.75) is 19.9 Å². The summed E-state index contributed by atoms with van der Waals surface area (Å²) in [5.74, 6) is 0.788. The predicted molar refractivity (Wildman–Crippen MR) is 93.1 cm³/mol.